The summed E-state index contributed by atoms with van der Waals surface area (Å²) in [5.74, 6) is 0. The zero-order valence-electron chi connectivity index (χ0n) is 7.70. The standard InChI is InChI=1S/C10H14N2O/c1-8(12-6-7-13)9-2-4-10(11)5-3-9/h2-5,13H,6-7,11H2,1H3. The number of nitrogen functional groups attached to an aromatic ring is 1. The summed E-state index contributed by atoms with van der Waals surface area (Å²) in [4.78, 5) is 4.17. The average molecular weight is 178 g/mol. The lowest BCUT2D eigenvalue weighted by molar-refractivity contribution is 0.307. The van der Waals surface area contributed by atoms with Crippen LogP contribution in [0.4, 0.5) is 5.69 Å². The molecule has 0 atom stereocenters. The molecule has 0 aliphatic carbocycles. The van der Waals surface area contributed by atoms with E-state index in [1.165, 1.54) is 0 Å². The zero-order chi connectivity index (χ0) is 9.68. The number of hydrogen-bond donors (Lipinski definition) is 2. The first-order valence-electron chi connectivity index (χ1n) is 4.22. The van der Waals surface area contributed by atoms with Gasteiger partial charge in [-0.1, -0.05) is 12.1 Å². The highest BCUT2D eigenvalue weighted by molar-refractivity contribution is 5.98. The molecular weight excluding hydrogens is 164 g/mol. The van der Waals surface area contributed by atoms with Gasteiger partial charge in [-0.15, -0.1) is 0 Å². The van der Waals surface area contributed by atoms with Gasteiger partial charge in [-0.3, -0.25) is 4.99 Å². The Balaban J connectivity index is 2.77. The first-order chi connectivity index (χ1) is 6.24. The van der Waals surface area contributed by atoms with Gasteiger partial charge < -0.3 is 10.8 Å². The second-order valence-corrected chi connectivity index (χ2v) is 2.81. The minimum atomic E-state index is 0.0896. The molecule has 0 radical (unpaired) electrons. The van der Waals surface area contributed by atoms with E-state index >= 15 is 0 Å². The van der Waals surface area contributed by atoms with Crippen LogP contribution >= 0.6 is 0 Å². The van der Waals surface area contributed by atoms with Crippen molar-refractivity contribution < 1.29 is 5.11 Å². The molecule has 0 aliphatic rings. The number of nitrogens with two attached hydrogens (primary N) is 1. The topological polar surface area (TPSA) is 58.6 Å². The molecule has 0 amide bonds. The lowest BCUT2D eigenvalue weighted by atomic mass is 10.1. The van der Waals surface area contributed by atoms with Crippen LogP contribution in [0.5, 0.6) is 0 Å². The number of anilines is 1. The first-order valence-corrected chi connectivity index (χ1v) is 4.22. The summed E-state index contributed by atoms with van der Waals surface area (Å²) in [6, 6.07) is 7.53. The maximum absolute atomic E-state index is 8.58. The van der Waals surface area contributed by atoms with Crippen molar-refractivity contribution >= 4 is 11.4 Å². The monoisotopic (exact) mass is 178 g/mol. The quantitative estimate of drug-likeness (QED) is 0.537. The highest BCUT2D eigenvalue weighted by atomic mass is 16.3. The molecule has 0 unspecified atom stereocenters. The predicted octanol–water partition coefficient (Wildman–Crippen LogP) is 1.07. The summed E-state index contributed by atoms with van der Waals surface area (Å²) in [5, 5.41) is 8.58. The van der Waals surface area contributed by atoms with E-state index in [9.17, 15) is 0 Å². The van der Waals surface area contributed by atoms with Crippen molar-refractivity contribution in [1.29, 1.82) is 0 Å². The van der Waals surface area contributed by atoms with Gasteiger partial charge >= 0.3 is 0 Å². The van der Waals surface area contributed by atoms with Crippen molar-refractivity contribution in [3.63, 3.8) is 0 Å². The number of aliphatic hydroxyl groups excluding tert-OH is 1. The Morgan fingerprint density at radius 1 is 1.38 bits per heavy atom. The molecule has 0 fully saturated rings. The van der Waals surface area contributed by atoms with Crippen LogP contribution in [0.2, 0.25) is 0 Å². The molecule has 13 heavy (non-hydrogen) atoms. The van der Waals surface area contributed by atoms with Crippen LogP contribution in [0.3, 0.4) is 0 Å². The van der Waals surface area contributed by atoms with Crippen molar-refractivity contribution in [2.75, 3.05) is 18.9 Å². The Labute approximate surface area is 77.9 Å². The van der Waals surface area contributed by atoms with Crippen molar-refractivity contribution in [1.82, 2.24) is 0 Å². The van der Waals surface area contributed by atoms with Crippen molar-refractivity contribution in [2.45, 2.75) is 6.92 Å². The van der Waals surface area contributed by atoms with Crippen LogP contribution in [0, 0.1) is 0 Å². The number of nitrogens with zero attached hydrogens (tertiary/aromatic N) is 1. The molecule has 0 saturated carbocycles. The molecule has 1 rings (SSSR count). The molecular formula is C10H14N2O. The smallest absolute Gasteiger partial charge is 0.0627 e. The molecule has 0 heterocycles. The average Bonchev–Trinajstić information content (AvgIpc) is 2.15. The third kappa shape index (κ3) is 2.87. The maximum atomic E-state index is 8.58. The van der Waals surface area contributed by atoms with Crippen LogP contribution < -0.4 is 5.73 Å². The SMILES string of the molecule is CC(=NCCO)c1ccc(N)cc1. The Kier molecular flexibility index (Phi) is 3.46. The Hall–Kier alpha value is -1.35. The number of aliphatic hydroxyl groups is 1. The van der Waals surface area contributed by atoms with E-state index in [-0.39, 0.29) is 6.61 Å². The van der Waals surface area contributed by atoms with Gasteiger partial charge in [0, 0.05) is 11.4 Å². The highest BCUT2D eigenvalue weighted by Crippen LogP contribution is 2.06. The molecule has 3 N–H and O–H groups in total. The van der Waals surface area contributed by atoms with E-state index in [0.29, 0.717) is 6.54 Å². The molecule has 0 bridgehead atoms. The largest absolute Gasteiger partial charge is 0.399 e. The minimum Gasteiger partial charge on any atom is -0.399 e. The van der Waals surface area contributed by atoms with E-state index in [0.717, 1.165) is 17.0 Å². The molecule has 0 saturated heterocycles. The third-order valence-corrected chi connectivity index (χ3v) is 1.78. The van der Waals surface area contributed by atoms with Crippen molar-refractivity contribution in [3.8, 4) is 0 Å². The fraction of sp³-hybridized carbons (Fsp3) is 0.300. The minimum absolute atomic E-state index is 0.0896. The van der Waals surface area contributed by atoms with E-state index in [1.807, 2.05) is 31.2 Å². The summed E-state index contributed by atoms with van der Waals surface area (Å²) < 4.78 is 0. The zero-order valence-corrected chi connectivity index (χ0v) is 7.70. The summed E-state index contributed by atoms with van der Waals surface area (Å²) >= 11 is 0. The van der Waals surface area contributed by atoms with Gasteiger partial charge in [0.2, 0.25) is 0 Å². The Morgan fingerprint density at radius 3 is 2.54 bits per heavy atom. The summed E-state index contributed by atoms with van der Waals surface area (Å²) in [6.45, 7) is 2.46. The van der Waals surface area contributed by atoms with E-state index in [4.69, 9.17) is 10.8 Å². The van der Waals surface area contributed by atoms with Crippen molar-refractivity contribution in [2.24, 2.45) is 4.99 Å². The van der Waals surface area contributed by atoms with Gasteiger partial charge in [0.1, 0.15) is 0 Å². The molecule has 70 valence electrons. The van der Waals surface area contributed by atoms with Crippen LogP contribution in [0.15, 0.2) is 29.3 Å². The second-order valence-electron chi connectivity index (χ2n) is 2.81. The highest BCUT2D eigenvalue weighted by Gasteiger charge is 1.95. The van der Waals surface area contributed by atoms with E-state index < -0.39 is 0 Å². The van der Waals surface area contributed by atoms with Crippen LogP contribution in [-0.2, 0) is 0 Å². The van der Waals surface area contributed by atoms with E-state index in [1.54, 1.807) is 0 Å². The molecule has 0 aliphatic heterocycles. The summed E-state index contributed by atoms with van der Waals surface area (Å²) in [5.41, 5.74) is 8.27. The van der Waals surface area contributed by atoms with E-state index in [2.05, 4.69) is 4.99 Å². The van der Waals surface area contributed by atoms with Gasteiger partial charge in [-0.2, -0.15) is 0 Å². The molecule has 1 aromatic carbocycles. The molecule has 3 heteroatoms. The fourth-order valence-electron chi connectivity index (χ4n) is 1.03. The number of aliphatic imine (C=N–C) groups is 1. The van der Waals surface area contributed by atoms with Crippen LogP contribution in [-0.4, -0.2) is 24.0 Å². The van der Waals surface area contributed by atoms with Gasteiger partial charge in [0.05, 0.1) is 13.2 Å². The predicted molar refractivity (Wildman–Crippen MR) is 55.0 cm³/mol. The van der Waals surface area contributed by atoms with Crippen LogP contribution in [0.25, 0.3) is 0 Å². The van der Waals surface area contributed by atoms with Crippen molar-refractivity contribution in [3.05, 3.63) is 29.8 Å². The molecule has 3 nitrogen and oxygen atoms in total. The van der Waals surface area contributed by atoms with Gasteiger partial charge in [0.15, 0.2) is 0 Å². The fourth-order valence-corrected chi connectivity index (χ4v) is 1.03. The molecule has 0 spiro atoms. The maximum Gasteiger partial charge on any atom is 0.0627 e. The van der Waals surface area contributed by atoms with Gasteiger partial charge in [0.25, 0.3) is 0 Å². The summed E-state index contributed by atoms with van der Waals surface area (Å²) in [6.07, 6.45) is 0. The lowest BCUT2D eigenvalue weighted by Crippen LogP contribution is -1.98. The molecule has 0 aromatic heterocycles. The number of hydrogen-bond acceptors (Lipinski definition) is 3. The first kappa shape index (κ1) is 9.74. The summed E-state index contributed by atoms with van der Waals surface area (Å²) in [7, 11) is 0. The number of rotatable bonds is 3. The lowest BCUT2D eigenvalue weighted by Gasteiger charge is -2.00. The third-order valence-electron chi connectivity index (χ3n) is 1.78. The van der Waals surface area contributed by atoms with Gasteiger partial charge in [-0.05, 0) is 24.6 Å². The normalized spacial score (nSPS) is 11.7. The number of benzene rings is 1. The van der Waals surface area contributed by atoms with Crippen LogP contribution in [0.1, 0.15) is 12.5 Å². The Bertz CT molecular complexity index is 290. The Morgan fingerprint density at radius 2 is 2.00 bits per heavy atom. The van der Waals surface area contributed by atoms with Gasteiger partial charge in [-0.25, -0.2) is 0 Å². The molecule has 1 aromatic rings. The second kappa shape index (κ2) is 4.62.